The van der Waals surface area contributed by atoms with Crippen molar-refractivity contribution >= 4 is 11.6 Å². The number of aromatic nitrogens is 1. The zero-order valence-electron chi connectivity index (χ0n) is 10.3. The fraction of sp³-hybridized carbons (Fsp3) is 0.231. The Bertz CT molecular complexity index is 561. The molecule has 18 heavy (non-hydrogen) atoms. The molecule has 1 amide bonds. The van der Waals surface area contributed by atoms with Crippen LogP contribution in [-0.4, -0.2) is 10.9 Å². The first-order valence-electron chi connectivity index (χ1n) is 5.65. The Morgan fingerprint density at radius 3 is 2.89 bits per heavy atom. The van der Waals surface area contributed by atoms with E-state index in [1.807, 2.05) is 25.1 Å². The molecule has 1 aromatic carbocycles. The molecule has 1 atom stereocenters. The van der Waals surface area contributed by atoms with Crippen LogP contribution < -0.4 is 11.1 Å². The molecular formula is C13H15N3O2. The molecule has 5 nitrogen and oxygen atoms in total. The molecule has 0 aliphatic carbocycles. The molecule has 94 valence electrons. The summed E-state index contributed by atoms with van der Waals surface area (Å²) in [4.78, 5) is 15.8. The number of amides is 1. The average Bonchev–Trinajstić information content (AvgIpc) is 2.76. The van der Waals surface area contributed by atoms with E-state index in [1.54, 1.807) is 13.0 Å². The van der Waals surface area contributed by atoms with Crippen molar-refractivity contribution in [1.82, 2.24) is 4.98 Å². The van der Waals surface area contributed by atoms with Gasteiger partial charge in [-0.3, -0.25) is 4.79 Å². The maximum atomic E-state index is 11.9. The average molecular weight is 245 g/mol. The second kappa shape index (κ2) is 5.01. The molecule has 0 spiro atoms. The van der Waals surface area contributed by atoms with Crippen molar-refractivity contribution in [2.24, 2.45) is 5.73 Å². The second-order valence-electron chi connectivity index (χ2n) is 4.14. The number of hydrogen-bond acceptors (Lipinski definition) is 4. The number of nitrogens with two attached hydrogens (primary N) is 1. The summed E-state index contributed by atoms with van der Waals surface area (Å²) in [6.45, 7) is 3.61. The largest absolute Gasteiger partial charge is 0.438 e. The van der Waals surface area contributed by atoms with Crippen molar-refractivity contribution in [1.29, 1.82) is 0 Å². The molecule has 5 heteroatoms. The van der Waals surface area contributed by atoms with Crippen LogP contribution in [0, 0.1) is 6.92 Å². The Morgan fingerprint density at radius 2 is 2.28 bits per heavy atom. The van der Waals surface area contributed by atoms with Crippen LogP contribution in [0.1, 0.15) is 34.8 Å². The van der Waals surface area contributed by atoms with E-state index in [9.17, 15) is 4.79 Å². The van der Waals surface area contributed by atoms with Gasteiger partial charge in [-0.2, -0.15) is 0 Å². The highest BCUT2D eigenvalue weighted by atomic mass is 16.3. The van der Waals surface area contributed by atoms with Gasteiger partial charge in [0.2, 0.25) is 5.76 Å². The van der Waals surface area contributed by atoms with E-state index in [2.05, 4.69) is 10.3 Å². The Labute approximate surface area is 105 Å². The summed E-state index contributed by atoms with van der Waals surface area (Å²) in [5.41, 5.74) is 8.00. The van der Waals surface area contributed by atoms with Crippen LogP contribution in [0.15, 0.2) is 35.1 Å². The van der Waals surface area contributed by atoms with Crippen molar-refractivity contribution < 1.29 is 9.21 Å². The second-order valence-corrected chi connectivity index (χ2v) is 4.14. The predicted molar refractivity (Wildman–Crippen MR) is 68.2 cm³/mol. The number of oxazole rings is 1. The van der Waals surface area contributed by atoms with Crippen LogP contribution in [0.25, 0.3) is 0 Å². The molecule has 1 aromatic heterocycles. The lowest BCUT2D eigenvalue weighted by atomic mass is 10.1. The Kier molecular flexibility index (Phi) is 3.43. The van der Waals surface area contributed by atoms with Crippen LogP contribution in [0.2, 0.25) is 0 Å². The van der Waals surface area contributed by atoms with E-state index in [-0.39, 0.29) is 17.7 Å². The van der Waals surface area contributed by atoms with Crippen molar-refractivity contribution in [3.8, 4) is 0 Å². The number of aryl methyl sites for hydroxylation is 1. The molecular weight excluding hydrogens is 230 g/mol. The third-order valence-corrected chi connectivity index (χ3v) is 2.62. The molecule has 2 rings (SSSR count). The van der Waals surface area contributed by atoms with Crippen molar-refractivity contribution in [2.75, 3.05) is 5.32 Å². The summed E-state index contributed by atoms with van der Waals surface area (Å²) in [7, 11) is 0. The number of carbonyl (C=O) groups excluding carboxylic acids is 1. The van der Waals surface area contributed by atoms with Crippen LogP contribution in [-0.2, 0) is 0 Å². The van der Waals surface area contributed by atoms with Gasteiger partial charge in [-0.05, 0) is 31.5 Å². The molecule has 3 N–H and O–H groups in total. The SMILES string of the molecule is Cc1ncoc1C(=O)Nc1cccc(C(C)N)c1. The molecule has 0 radical (unpaired) electrons. The van der Waals surface area contributed by atoms with E-state index < -0.39 is 0 Å². The summed E-state index contributed by atoms with van der Waals surface area (Å²) >= 11 is 0. The minimum atomic E-state index is -0.313. The lowest BCUT2D eigenvalue weighted by Gasteiger charge is -2.08. The van der Waals surface area contributed by atoms with Gasteiger partial charge in [0.25, 0.3) is 5.91 Å². The van der Waals surface area contributed by atoms with Crippen LogP contribution >= 0.6 is 0 Å². The van der Waals surface area contributed by atoms with Gasteiger partial charge in [0.1, 0.15) is 0 Å². The number of nitrogens with one attached hydrogen (secondary N) is 1. The molecule has 1 unspecified atom stereocenters. The number of benzene rings is 1. The fourth-order valence-electron chi connectivity index (χ4n) is 1.61. The molecule has 0 fully saturated rings. The maximum Gasteiger partial charge on any atom is 0.293 e. The minimum Gasteiger partial charge on any atom is -0.438 e. The Hall–Kier alpha value is -2.14. The number of hydrogen-bond donors (Lipinski definition) is 2. The lowest BCUT2D eigenvalue weighted by Crippen LogP contribution is -2.13. The Morgan fingerprint density at radius 1 is 1.50 bits per heavy atom. The topological polar surface area (TPSA) is 81.2 Å². The molecule has 0 bridgehead atoms. The van der Waals surface area contributed by atoms with E-state index in [4.69, 9.17) is 10.2 Å². The van der Waals surface area contributed by atoms with Gasteiger partial charge in [-0.25, -0.2) is 4.98 Å². The number of nitrogens with zero attached hydrogens (tertiary/aromatic N) is 1. The molecule has 0 aliphatic rings. The van der Waals surface area contributed by atoms with Gasteiger partial charge in [0, 0.05) is 11.7 Å². The lowest BCUT2D eigenvalue weighted by molar-refractivity contribution is 0.0996. The molecule has 2 aromatic rings. The summed E-state index contributed by atoms with van der Waals surface area (Å²) in [5, 5.41) is 2.75. The summed E-state index contributed by atoms with van der Waals surface area (Å²) < 4.78 is 5.03. The minimum absolute atomic E-state index is 0.0751. The summed E-state index contributed by atoms with van der Waals surface area (Å²) in [6, 6.07) is 7.33. The van der Waals surface area contributed by atoms with Crippen LogP contribution in [0.5, 0.6) is 0 Å². The smallest absolute Gasteiger partial charge is 0.293 e. The summed E-state index contributed by atoms with van der Waals surface area (Å²) in [5.74, 6) is -0.0898. The van der Waals surface area contributed by atoms with Crippen LogP contribution in [0.3, 0.4) is 0 Å². The van der Waals surface area contributed by atoms with Crippen molar-refractivity contribution in [3.05, 3.63) is 47.7 Å². The highest BCUT2D eigenvalue weighted by Gasteiger charge is 2.14. The summed E-state index contributed by atoms with van der Waals surface area (Å²) in [6.07, 6.45) is 1.25. The zero-order valence-corrected chi connectivity index (χ0v) is 10.3. The normalized spacial score (nSPS) is 12.2. The first-order chi connectivity index (χ1) is 8.58. The first-order valence-corrected chi connectivity index (χ1v) is 5.65. The third kappa shape index (κ3) is 2.57. The monoisotopic (exact) mass is 245 g/mol. The molecule has 0 saturated carbocycles. The molecule has 1 heterocycles. The van der Waals surface area contributed by atoms with E-state index in [1.165, 1.54) is 6.39 Å². The van der Waals surface area contributed by atoms with Gasteiger partial charge in [0.05, 0.1) is 5.69 Å². The van der Waals surface area contributed by atoms with E-state index >= 15 is 0 Å². The van der Waals surface area contributed by atoms with Gasteiger partial charge >= 0.3 is 0 Å². The quantitative estimate of drug-likeness (QED) is 0.869. The predicted octanol–water partition coefficient (Wildman–Crippen LogP) is 2.26. The van der Waals surface area contributed by atoms with Crippen molar-refractivity contribution in [3.63, 3.8) is 0 Å². The maximum absolute atomic E-state index is 11.9. The highest BCUT2D eigenvalue weighted by molar-refractivity contribution is 6.02. The molecule has 0 saturated heterocycles. The standard InChI is InChI=1S/C13H15N3O2/c1-8(14)10-4-3-5-11(6-10)16-13(17)12-9(2)15-7-18-12/h3-8H,14H2,1-2H3,(H,16,17). The van der Waals surface area contributed by atoms with Crippen molar-refractivity contribution in [2.45, 2.75) is 19.9 Å². The molecule has 0 aliphatic heterocycles. The number of anilines is 1. The van der Waals surface area contributed by atoms with E-state index in [0.29, 0.717) is 11.4 Å². The number of carbonyl (C=O) groups is 1. The fourth-order valence-corrected chi connectivity index (χ4v) is 1.61. The highest BCUT2D eigenvalue weighted by Crippen LogP contribution is 2.17. The Balaban J connectivity index is 2.17. The number of rotatable bonds is 3. The first kappa shape index (κ1) is 12.3. The van der Waals surface area contributed by atoms with Gasteiger partial charge < -0.3 is 15.5 Å². The zero-order chi connectivity index (χ0) is 13.1. The third-order valence-electron chi connectivity index (χ3n) is 2.62. The van der Waals surface area contributed by atoms with Crippen LogP contribution in [0.4, 0.5) is 5.69 Å². The van der Waals surface area contributed by atoms with E-state index in [0.717, 1.165) is 5.56 Å². The van der Waals surface area contributed by atoms with Gasteiger partial charge in [-0.15, -0.1) is 0 Å². The van der Waals surface area contributed by atoms with Gasteiger partial charge in [0.15, 0.2) is 6.39 Å². The van der Waals surface area contributed by atoms with Gasteiger partial charge in [-0.1, -0.05) is 12.1 Å².